The van der Waals surface area contributed by atoms with Crippen LogP contribution in [0.4, 0.5) is 0 Å². The van der Waals surface area contributed by atoms with Crippen LogP contribution in [-0.4, -0.2) is 5.71 Å². The highest BCUT2D eigenvalue weighted by Crippen LogP contribution is 2.45. The van der Waals surface area contributed by atoms with E-state index >= 15 is 0 Å². The summed E-state index contributed by atoms with van der Waals surface area (Å²) in [6, 6.07) is 54.2. The van der Waals surface area contributed by atoms with Crippen molar-refractivity contribution < 1.29 is 4.42 Å². The van der Waals surface area contributed by atoms with Crippen LogP contribution in [0.3, 0.4) is 0 Å². The van der Waals surface area contributed by atoms with Crippen molar-refractivity contribution >= 4 is 54.9 Å². The van der Waals surface area contributed by atoms with E-state index in [1.54, 1.807) is 0 Å². The summed E-state index contributed by atoms with van der Waals surface area (Å²) in [4.78, 5) is 5.64. The van der Waals surface area contributed by atoms with E-state index in [2.05, 4.69) is 165 Å². The first-order chi connectivity index (χ1) is 23.7. The second kappa shape index (κ2) is 11.8. The molecule has 2 unspecified atom stereocenters. The molecule has 0 saturated heterocycles. The summed E-state index contributed by atoms with van der Waals surface area (Å²) >= 11 is 0. The van der Waals surface area contributed by atoms with Gasteiger partial charge in [-0.1, -0.05) is 153 Å². The largest absolute Gasteiger partial charge is 0.455 e. The number of rotatable bonds is 7. The van der Waals surface area contributed by atoms with Crippen molar-refractivity contribution in [1.82, 2.24) is 0 Å². The van der Waals surface area contributed by atoms with Crippen molar-refractivity contribution in [3.05, 3.63) is 174 Å². The van der Waals surface area contributed by atoms with Gasteiger partial charge in [-0.05, 0) is 69.3 Å². The number of allylic oxidation sites excluding steroid dienone is 1. The van der Waals surface area contributed by atoms with Gasteiger partial charge in [-0.3, -0.25) is 4.99 Å². The topological polar surface area (TPSA) is 25.5 Å². The van der Waals surface area contributed by atoms with Crippen molar-refractivity contribution in [2.45, 2.75) is 19.8 Å². The fourth-order valence-electron chi connectivity index (χ4n) is 7.22. The van der Waals surface area contributed by atoms with Gasteiger partial charge < -0.3 is 4.42 Å². The molecule has 0 aliphatic heterocycles. The lowest BCUT2D eigenvalue weighted by Crippen LogP contribution is -2.06. The second-order valence-corrected chi connectivity index (χ2v) is 13.2. The molecule has 48 heavy (non-hydrogen) atoms. The molecule has 2 nitrogen and oxygen atoms in total. The van der Waals surface area contributed by atoms with Crippen LogP contribution in [0.2, 0.25) is 0 Å². The molecule has 2 atom stereocenters. The molecular weight excluding hydrogens is 583 g/mol. The first kappa shape index (κ1) is 28.5. The zero-order valence-corrected chi connectivity index (χ0v) is 26.9. The van der Waals surface area contributed by atoms with Gasteiger partial charge in [-0.25, -0.2) is 0 Å². The lowest BCUT2D eigenvalue weighted by molar-refractivity contribution is 0.672. The highest BCUT2D eigenvalue weighted by atomic mass is 16.3. The lowest BCUT2D eigenvalue weighted by atomic mass is 9.97. The number of benzene rings is 7. The van der Waals surface area contributed by atoms with Gasteiger partial charge >= 0.3 is 0 Å². The molecule has 7 aromatic carbocycles. The molecule has 2 heteroatoms. The number of fused-ring (bicyclic) bond motifs is 6. The first-order valence-corrected chi connectivity index (χ1v) is 17.0. The van der Waals surface area contributed by atoms with Crippen LogP contribution in [-0.2, 0) is 6.42 Å². The Kier molecular flexibility index (Phi) is 7.01. The molecule has 1 saturated carbocycles. The van der Waals surface area contributed by atoms with Crippen LogP contribution in [0, 0.1) is 11.8 Å². The maximum Gasteiger partial charge on any atom is 0.143 e. The molecule has 0 radical (unpaired) electrons. The number of hydrogen-bond acceptors (Lipinski definition) is 2. The van der Waals surface area contributed by atoms with Crippen molar-refractivity contribution in [3.8, 4) is 11.1 Å². The van der Waals surface area contributed by atoms with Gasteiger partial charge in [-0.2, -0.15) is 0 Å². The minimum Gasteiger partial charge on any atom is -0.455 e. The fraction of sp³-hybridized carbons (Fsp3) is 0.109. The normalized spacial score (nSPS) is 16.7. The highest BCUT2D eigenvalue weighted by Gasteiger charge is 2.39. The Morgan fingerprint density at radius 2 is 1.38 bits per heavy atom. The Balaban J connectivity index is 1.20. The number of nitrogens with zero attached hydrogens (tertiary/aromatic N) is 1. The molecule has 230 valence electrons. The van der Waals surface area contributed by atoms with E-state index in [1.165, 1.54) is 38.4 Å². The molecule has 8 aromatic rings. The minimum atomic E-state index is 0.397. The Labute approximate surface area is 280 Å². The Morgan fingerprint density at radius 1 is 0.667 bits per heavy atom. The van der Waals surface area contributed by atoms with Crippen LogP contribution >= 0.6 is 0 Å². The molecule has 1 heterocycles. The van der Waals surface area contributed by atoms with Crippen LogP contribution in [0.5, 0.6) is 0 Å². The van der Waals surface area contributed by atoms with E-state index in [1.807, 2.05) is 0 Å². The number of aliphatic imine (C=N–C) groups is 1. The molecule has 1 fully saturated rings. The molecule has 0 spiro atoms. The van der Waals surface area contributed by atoms with Gasteiger partial charge in [0.05, 0.1) is 11.4 Å². The van der Waals surface area contributed by atoms with E-state index in [9.17, 15) is 0 Å². The summed E-state index contributed by atoms with van der Waals surface area (Å²) in [6.07, 6.45) is 4.25. The quantitative estimate of drug-likeness (QED) is 0.163. The summed E-state index contributed by atoms with van der Waals surface area (Å²) < 4.78 is 6.60. The minimum absolute atomic E-state index is 0.397. The third-order valence-electron chi connectivity index (χ3n) is 10.00. The highest BCUT2D eigenvalue weighted by molar-refractivity contribution is 6.23. The third kappa shape index (κ3) is 5.20. The Morgan fingerprint density at radius 3 is 2.19 bits per heavy atom. The Hall–Kier alpha value is -5.73. The SMILES string of the molecule is CC1CC1/C(=N\C(=C/Cc1ccc2ccccc2c1)c1ccc(-c2ccccc2)cc1)c1cccc2oc3c4ccccc4ccc3c12. The molecule has 1 aliphatic rings. The zero-order chi connectivity index (χ0) is 32.0. The van der Waals surface area contributed by atoms with Crippen LogP contribution in [0.25, 0.3) is 60.3 Å². The van der Waals surface area contributed by atoms with Crippen molar-refractivity contribution in [2.24, 2.45) is 16.8 Å². The molecular formula is C46H35NO. The predicted molar refractivity (Wildman–Crippen MR) is 203 cm³/mol. The average Bonchev–Trinajstić information content (AvgIpc) is 3.74. The molecule has 0 N–H and O–H groups in total. The second-order valence-electron chi connectivity index (χ2n) is 13.2. The van der Waals surface area contributed by atoms with E-state index in [4.69, 9.17) is 9.41 Å². The van der Waals surface area contributed by atoms with Gasteiger partial charge in [0.2, 0.25) is 0 Å². The van der Waals surface area contributed by atoms with Crippen LogP contribution in [0.1, 0.15) is 30.0 Å². The standard InChI is InChI=1S/C46H35NO/c1-30-28-41(30)45(39-16-9-17-43-44(39)40-26-25-35-13-7-8-15-38(35)46(40)48-43)47-42(27-19-31-18-20-33-12-5-6-14-37(33)29-31)36-23-21-34(22-24-36)32-10-3-2-4-11-32/h2-18,20-27,29-30,41H,19,28H2,1H3/b42-27-,47-45-. The molecule has 1 aliphatic carbocycles. The van der Waals surface area contributed by atoms with Gasteiger partial charge in [-0.15, -0.1) is 0 Å². The molecule has 0 amide bonds. The van der Waals surface area contributed by atoms with Crippen molar-refractivity contribution in [3.63, 3.8) is 0 Å². The van der Waals surface area contributed by atoms with E-state index in [0.717, 1.165) is 57.1 Å². The van der Waals surface area contributed by atoms with E-state index < -0.39 is 0 Å². The van der Waals surface area contributed by atoms with E-state index in [-0.39, 0.29) is 0 Å². The maximum absolute atomic E-state index is 6.60. The number of furan rings is 1. The zero-order valence-electron chi connectivity index (χ0n) is 26.9. The lowest BCUT2D eigenvalue weighted by Gasteiger charge is -2.12. The average molecular weight is 618 g/mol. The molecule has 0 bridgehead atoms. The van der Waals surface area contributed by atoms with Crippen molar-refractivity contribution in [1.29, 1.82) is 0 Å². The van der Waals surface area contributed by atoms with Gasteiger partial charge in [0, 0.05) is 27.6 Å². The third-order valence-corrected chi connectivity index (χ3v) is 10.00. The predicted octanol–water partition coefficient (Wildman–Crippen LogP) is 12.3. The first-order valence-electron chi connectivity index (χ1n) is 17.0. The van der Waals surface area contributed by atoms with Gasteiger partial charge in [0.15, 0.2) is 0 Å². The summed E-state index contributed by atoms with van der Waals surface area (Å²) in [5.74, 6) is 0.980. The summed E-state index contributed by atoms with van der Waals surface area (Å²) in [7, 11) is 0. The smallest absolute Gasteiger partial charge is 0.143 e. The van der Waals surface area contributed by atoms with Crippen molar-refractivity contribution in [2.75, 3.05) is 0 Å². The monoisotopic (exact) mass is 617 g/mol. The van der Waals surface area contributed by atoms with Gasteiger partial charge in [0.1, 0.15) is 11.2 Å². The maximum atomic E-state index is 6.60. The summed E-state index contributed by atoms with van der Waals surface area (Å²) in [5.41, 5.74) is 10.0. The van der Waals surface area contributed by atoms with Gasteiger partial charge in [0.25, 0.3) is 0 Å². The van der Waals surface area contributed by atoms with E-state index in [0.29, 0.717) is 11.8 Å². The summed E-state index contributed by atoms with van der Waals surface area (Å²) in [6.45, 7) is 2.34. The Bertz CT molecular complexity index is 2520. The number of hydrogen-bond donors (Lipinski definition) is 0. The fourth-order valence-corrected chi connectivity index (χ4v) is 7.22. The summed E-state index contributed by atoms with van der Waals surface area (Å²) in [5, 5.41) is 7.16. The van der Waals surface area contributed by atoms with Crippen LogP contribution < -0.4 is 0 Å². The van der Waals surface area contributed by atoms with Crippen LogP contribution in [0.15, 0.2) is 167 Å². The molecule has 9 rings (SSSR count). The molecule has 1 aromatic heterocycles.